The van der Waals surface area contributed by atoms with Crippen LogP contribution in [0, 0.1) is 5.92 Å². The summed E-state index contributed by atoms with van der Waals surface area (Å²) in [6.45, 7) is 4.82. The maximum absolute atomic E-state index is 9.03. The van der Waals surface area contributed by atoms with Gasteiger partial charge >= 0.3 is 0 Å². The monoisotopic (exact) mass is 224 g/mol. The SMILES string of the molecule is CC(C)[C@H](CO)OCOCc1ccccc1. The van der Waals surface area contributed by atoms with Crippen LogP contribution < -0.4 is 0 Å². The Balaban J connectivity index is 2.16. The lowest BCUT2D eigenvalue weighted by Crippen LogP contribution is -2.25. The summed E-state index contributed by atoms with van der Waals surface area (Å²) < 4.78 is 10.8. The molecule has 1 aromatic rings. The van der Waals surface area contributed by atoms with Gasteiger partial charge < -0.3 is 14.6 Å². The van der Waals surface area contributed by atoms with Crippen molar-refractivity contribution in [2.45, 2.75) is 26.6 Å². The highest BCUT2D eigenvalue weighted by molar-refractivity contribution is 5.13. The Morgan fingerprint density at radius 2 is 1.88 bits per heavy atom. The Morgan fingerprint density at radius 1 is 1.19 bits per heavy atom. The molecule has 3 heteroatoms. The number of rotatable bonds is 7. The van der Waals surface area contributed by atoms with Crippen LogP contribution in [0.25, 0.3) is 0 Å². The molecule has 0 radical (unpaired) electrons. The maximum Gasteiger partial charge on any atom is 0.147 e. The molecule has 1 aromatic carbocycles. The van der Waals surface area contributed by atoms with Gasteiger partial charge in [0.25, 0.3) is 0 Å². The second kappa shape index (κ2) is 7.39. The zero-order chi connectivity index (χ0) is 11.8. The third-order valence-corrected chi connectivity index (χ3v) is 2.40. The lowest BCUT2D eigenvalue weighted by Gasteiger charge is -2.18. The van der Waals surface area contributed by atoms with Crippen molar-refractivity contribution < 1.29 is 14.6 Å². The zero-order valence-corrected chi connectivity index (χ0v) is 9.93. The predicted molar refractivity (Wildman–Crippen MR) is 62.9 cm³/mol. The van der Waals surface area contributed by atoms with Gasteiger partial charge in [0.05, 0.1) is 19.3 Å². The van der Waals surface area contributed by atoms with Gasteiger partial charge in [0.2, 0.25) is 0 Å². The molecular formula is C13H20O3. The van der Waals surface area contributed by atoms with E-state index in [9.17, 15) is 0 Å². The normalized spacial score (nSPS) is 13.0. The number of benzene rings is 1. The molecule has 0 aliphatic rings. The van der Waals surface area contributed by atoms with Crippen molar-refractivity contribution in [3.63, 3.8) is 0 Å². The van der Waals surface area contributed by atoms with Gasteiger partial charge in [0.1, 0.15) is 6.79 Å². The molecule has 0 aliphatic heterocycles. The molecule has 3 nitrogen and oxygen atoms in total. The molecule has 1 rings (SSSR count). The molecule has 1 atom stereocenters. The number of aliphatic hydroxyl groups excluding tert-OH is 1. The Labute approximate surface area is 97.0 Å². The summed E-state index contributed by atoms with van der Waals surface area (Å²) in [5.74, 6) is 0.297. The molecule has 90 valence electrons. The quantitative estimate of drug-likeness (QED) is 0.570. The van der Waals surface area contributed by atoms with Gasteiger partial charge in [-0.15, -0.1) is 0 Å². The van der Waals surface area contributed by atoms with Crippen LogP contribution in [0.4, 0.5) is 0 Å². The summed E-state index contributed by atoms with van der Waals surface area (Å²) in [5, 5.41) is 9.03. The molecule has 0 bridgehead atoms. The van der Waals surface area contributed by atoms with Crippen LogP contribution in [0.15, 0.2) is 30.3 Å². The van der Waals surface area contributed by atoms with Gasteiger partial charge in [0.15, 0.2) is 0 Å². The van der Waals surface area contributed by atoms with E-state index >= 15 is 0 Å². The van der Waals surface area contributed by atoms with Crippen LogP contribution in [0.1, 0.15) is 19.4 Å². The van der Waals surface area contributed by atoms with E-state index in [1.165, 1.54) is 0 Å². The smallest absolute Gasteiger partial charge is 0.147 e. The second-order valence-corrected chi connectivity index (χ2v) is 4.08. The fraction of sp³-hybridized carbons (Fsp3) is 0.538. The Hall–Kier alpha value is -0.900. The van der Waals surface area contributed by atoms with Gasteiger partial charge in [-0.1, -0.05) is 44.2 Å². The number of hydrogen-bond acceptors (Lipinski definition) is 3. The minimum Gasteiger partial charge on any atom is -0.394 e. The lowest BCUT2D eigenvalue weighted by atomic mass is 10.1. The van der Waals surface area contributed by atoms with E-state index in [1.54, 1.807) is 0 Å². The molecule has 1 N–H and O–H groups in total. The van der Waals surface area contributed by atoms with Gasteiger partial charge in [-0.3, -0.25) is 0 Å². The van der Waals surface area contributed by atoms with Crippen molar-refractivity contribution in [2.24, 2.45) is 5.92 Å². The van der Waals surface area contributed by atoms with Crippen LogP contribution in [0.5, 0.6) is 0 Å². The average Bonchev–Trinajstić information content (AvgIpc) is 2.30. The second-order valence-electron chi connectivity index (χ2n) is 4.08. The van der Waals surface area contributed by atoms with E-state index in [0.29, 0.717) is 12.5 Å². The van der Waals surface area contributed by atoms with Crippen molar-refractivity contribution >= 4 is 0 Å². The van der Waals surface area contributed by atoms with Crippen molar-refractivity contribution in [1.29, 1.82) is 0 Å². The van der Waals surface area contributed by atoms with Crippen molar-refractivity contribution in [3.05, 3.63) is 35.9 Å². The van der Waals surface area contributed by atoms with Crippen LogP contribution >= 0.6 is 0 Å². The first-order valence-electron chi connectivity index (χ1n) is 5.58. The zero-order valence-electron chi connectivity index (χ0n) is 9.93. The molecule has 16 heavy (non-hydrogen) atoms. The minimum atomic E-state index is -0.143. The molecule has 0 heterocycles. The summed E-state index contributed by atoms with van der Waals surface area (Å²) >= 11 is 0. The summed E-state index contributed by atoms with van der Waals surface area (Å²) in [6.07, 6.45) is -0.143. The highest BCUT2D eigenvalue weighted by atomic mass is 16.7. The lowest BCUT2D eigenvalue weighted by molar-refractivity contribution is -0.121. The van der Waals surface area contributed by atoms with Gasteiger partial charge in [-0.2, -0.15) is 0 Å². The molecule has 0 aliphatic carbocycles. The van der Waals surface area contributed by atoms with Crippen molar-refractivity contribution in [1.82, 2.24) is 0 Å². The summed E-state index contributed by atoms with van der Waals surface area (Å²) in [5.41, 5.74) is 1.12. The number of ether oxygens (including phenoxy) is 2. The van der Waals surface area contributed by atoms with Crippen molar-refractivity contribution in [3.8, 4) is 0 Å². The molecule has 0 saturated heterocycles. The van der Waals surface area contributed by atoms with E-state index in [-0.39, 0.29) is 19.5 Å². The fourth-order valence-corrected chi connectivity index (χ4v) is 1.33. The number of aliphatic hydroxyl groups is 1. The van der Waals surface area contributed by atoms with Crippen LogP contribution in [-0.4, -0.2) is 24.6 Å². The predicted octanol–water partition coefficient (Wildman–Crippen LogP) is 2.19. The van der Waals surface area contributed by atoms with Gasteiger partial charge in [0, 0.05) is 0 Å². The molecule has 0 saturated carbocycles. The van der Waals surface area contributed by atoms with E-state index < -0.39 is 0 Å². The minimum absolute atomic E-state index is 0.0341. The van der Waals surface area contributed by atoms with Crippen LogP contribution in [0.3, 0.4) is 0 Å². The highest BCUT2D eigenvalue weighted by Gasteiger charge is 2.11. The molecule has 0 spiro atoms. The first-order valence-corrected chi connectivity index (χ1v) is 5.58. The first kappa shape index (κ1) is 13.2. The van der Waals surface area contributed by atoms with E-state index in [2.05, 4.69) is 0 Å². The molecular weight excluding hydrogens is 204 g/mol. The third-order valence-electron chi connectivity index (χ3n) is 2.40. The fourth-order valence-electron chi connectivity index (χ4n) is 1.33. The summed E-state index contributed by atoms with van der Waals surface area (Å²) in [7, 11) is 0. The maximum atomic E-state index is 9.03. The third kappa shape index (κ3) is 4.75. The van der Waals surface area contributed by atoms with Crippen molar-refractivity contribution in [2.75, 3.05) is 13.4 Å². The van der Waals surface area contributed by atoms with E-state index in [1.807, 2.05) is 44.2 Å². The van der Waals surface area contributed by atoms with E-state index in [0.717, 1.165) is 5.56 Å². The Bertz CT molecular complexity index is 272. The summed E-state index contributed by atoms with van der Waals surface area (Å²) in [4.78, 5) is 0. The summed E-state index contributed by atoms with van der Waals surface area (Å²) in [6, 6.07) is 9.94. The molecule has 0 amide bonds. The average molecular weight is 224 g/mol. The largest absolute Gasteiger partial charge is 0.394 e. The Kier molecular flexibility index (Phi) is 6.08. The molecule has 0 fully saturated rings. The highest BCUT2D eigenvalue weighted by Crippen LogP contribution is 2.06. The van der Waals surface area contributed by atoms with Crippen LogP contribution in [0.2, 0.25) is 0 Å². The van der Waals surface area contributed by atoms with Crippen LogP contribution in [-0.2, 0) is 16.1 Å². The standard InChI is InChI=1S/C13H20O3/c1-11(2)13(8-14)16-10-15-9-12-6-4-3-5-7-12/h3-7,11,13-14H,8-10H2,1-2H3/t13-/m0/s1. The Morgan fingerprint density at radius 3 is 2.44 bits per heavy atom. The van der Waals surface area contributed by atoms with Gasteiger partial charge in [-0.05, 0) is 11.5 Å². The molecule has 0 unspecified atom stereocenters. The topological polar surface area (TPSA) is 38.7 Å². The van der Waals surface area contributed by atoms with Gasteiger partial charge in [-0.25, -0.2) is 0 Å². The van der Waals surface area contributed by atoms with E-state index in [4.69, 9.17) is 14.6 Å². The molecule has 0 aromatic heterocycles. The first-order chi connectivity index (χ1) is 7.74. The number of hydrogen-bond donors (Lipinski definition) is 1.